The van der Waals surface area contributed by atoms with Gasteiger partial charge in [-0.05, 0) is 37.1 Å². The van der Waals surface area contributed by atoms with Crippen LogP contribution in [-0.4, -0.2) is 25.0 Å². The van der Waals surface area contributed by atoms with Crippen molar-refractivity contribution >= 4 is 15.9 Å². The molecule has 1 aromatic rings. The minimum atomic E-state index is 0.300. The van der Waals surface area contributed by atoms with Crippen molar-refractivity contribution in [1.29, 1.82) is 0 Å². The van der Waals surface area contributed by atoms with Crippen molar-refractivity contribution in [1.82, 2.24) is 4.90 Å². The van der Waals surface area contributed by atoms with Gasteiger partial charge in [-0.3, -0.25) is 4.90 Å². The first kappa shape index (κ1) is 14.7. The van der Waals surface area contributed by atoms with Crippen molar-refractivity contribution in [2.75, 3.05) is 20.1 Å². The van der Waals surface area contributed by atoms with Crippen LogP contribution in [0.2, 0.25) is 0 Å². The fourth-order valence-corrected chi connectivity index (χ4v) is 2.49. The Morgan fingerprint density at radius 3 is 2.47 bits per heavy atom. The van der Waals surface area contributed by atoms with Gasteiger partial charge >= 0.3 is 0 Å². The van der Waals surface area contributed by atoms with E-state index in [9.17, 15) is 0 Å². The molecule has 3 heteroatoms. The minimum absolute atomic E-state index is 0.300. The highest BCUT2D eigenvalue weighted by molar-refractivity contribution is 9.10. The first-order valence-electron chi connectivity index (χ1n) is 6.12. The van der Waals surface area contributed by atoms with E-state index in [1.165, 1.54) is 11.1 Å². The minimum Gasteiger partial charge on any atom is -0.329 e. The smallest absolute Gasteiger partial charge is 0.0467 e. The maximum Gasteiger partial charge on any atom is 0.0467 e. The van der Waals surface area contributed by atoms with Gasteiger partial charge in [0.2, 0.25) is 0 Å². The number of rotatable bonds is 5. The lowest BCUT2D eigenvalue weighted by Gasteiger charge is -2.29. The van der Waals surface area contributed by atoms with Crippen LogP contribution in [0.1, 0.15) is 31.0 Å². The fourth-order valence-electron chi connectivity index (χ4n) is 2.09. The molecule has 1 rings (SSSR count). The Balaban J connectivity index is 2.89. The zero-order valence-electron chi connectivity index (χ0n) is 11.2. The molecule has 17 heavy (non-hydrogen) atoms. The van der Waals surface area contributed by atoms with Crippen LogP contribution < -0.4 is 5.73 Å². The van der Waals surface area contributed by atoms with Crippen molar-refractivity contribution in [3.05, 3.63) is 33.8 Å². The van der Waals surface area contributed by atoms with E-state index in [4.69, 9.17) is 5.73 Å². The lowest BCUT2D eigenvalue weighted by Crippen LogP contribution is -2.33. The highest BCUT2D eigenvalue weighted by Gasteiger charge is 2.16. The Morgan fingerprint density at radius 1 is 1.35 bits per heavy atom. The van der Waals surface area contributed by atoms with Crippen LogP contribution >= 0.6 is 15.9 Å². The van der Waals surface area contributed by atoms with E-state index in [-0.39, 0.29) is 0 Å². The predicted molar refractivity (Wildman–Crippen MR) is 78.1 cm³/mol. The Hall–Kier alpha value is -0.380. The molecule has 1 aromatic carbocycles. The molecule has 2 N–H and O–H groups in total. The van der Waals surface area contributed by atoms with E-state index < -0.39 is 0 Å². The summed E-state index contributed by atoms with van der Waals surface area (Å²) in [7, 11) is 2.14. The van der Waals surface area contributed by atoms with E-state index in [1.807, 2.05) is 0 Å². The van der Waals surface area contributed by atoms with Crippen molar-refractivity contribution in [3.63, 3.8) is 0 Å². The number of benzene rings is 1. The monoisotopic (exact) mass is 298 g/mol. The molecule has 1 atom stereocenters. The molecule has 0 radical (unpaired) electrons. The van der Waals surface area contributed by atoms with Gasteiger partial charge in [-0.2, -0.15) is 0 Å². The van der Waals surface area contributed by atoms with Crippen LogP contribution in [0.4, 0.5) is 0 Å². The van der Waals surface area contributed by atoms with Gasteiger partial charge in [0.1, 0.15) is 0 Å². The molecule has 0 aliphatic rings. The molecule has 1 unspecified atom stereocenters. The average molecular weight is 299 g/mol. The number of hydrogen-bond acceptors (Lipinski definition) is 2. The number of likely N-dealkylation sites (N-methyl/N-ethyl adjacent to an activating group) is 1. The van der Waals surface area contributed by atoms with Gasteiger partial charge in [-0.1, -0.05) is 41.9 Å². The molecule has 0 saturated heterocycles. The number of nitrogens with zero attached hydrogens (tertiary/aromatic N) is 1. The topological polar surface area (TPSA) is 29.3 Å². The van der Waals surface area contributed by atoms with Gasteiger partial charge in [-0.25, -0.2) is 0 Å². The van der Waals surface area contributed by atoms with E-state index >= 15 is 0 Å². The molecular formula is C14H23BrN2. The molecule has 96 valence electrons. The van der Waals surface area contributed by atoms with Gasteiger partial charge in [0, 0.05) is 23.6 Å². The van der Waals surface area contributed by atoms with E-state index in [0.29, 0.717) is 18.5 Å². The van der Waals surface area contributed by atoms with Gasteiger partial charge in [0.05, 0.1) is 0 Å². The van der Waals surface area contributed by atoms with Gasteiger partial charge in [-0.15, -0.1) is 0 Å². The Labute approximate surface area is 113 Å². The van der Waals surface area contributed by atoms with Crippen LogP contribution in [0.5, 0.6) is 0 Å². The summed E-state index contributed by atoms with van der Waals surface area (Å²) in [5, 5.41) is 0. The third kappa shape index (κ3) is 4.09. The Morgan fingerprint density at radius 2 is 2.00 bits per heavy atom. The van der Waals surface area contributed by atoms with Crippen LogP contribution in [0.3, 0.4) is 0 Å². The molecule has 0 saturated carbocycles. The van der Waals surface area contributed by atoms with E-state index in [1.54, 1.807) is 0 Å². The molecule has 0 aliphatic carbocycles. The first-order valence-corrected chi connectivity index (χ1v) is 6.91. The van der Waals surface area contributed by atoms with Crippen molar-refractivity contribution < 1.29 is 0 Å². The lowest BCUT2D eigenvalue weighted by atomic mass is 10.0. The van der Waals surface area contributed by atoms with Crippen LogP contribution in [0, 0.1) is 12.8 Å². The second-order valence-corrected chi connectivity index (χ2v) is 5.95. The summed E-state index contributed by atoms with van der Waals surface area (Å²) in [4.78, 5) is 2.34. The number of nitrogens with two attached hydrogens (primary N) is 1. The van der Waals surface area contributed by atoms with Crippen LogP contribution in [0.25, 0.3) is 0 Å². The van der Waals surface area contributed by atoms with E-state index in [0.717, 1.165) is 11.0 Å². The molecule has 0 fully saturated rings. The quantitative estimate of drug-likeness (QED) is 0.903. The summed E-state index contributed by atoms with van der Waals surface area (Å²) in [6, 6.07) is 6.80. The molecule has 0 spiro atoms. The summed E-state index contributed by atoms with van der Waals surface area (Å²) in [6.45, 7) is 8.28. The van der Waals surface area contributed by atoms with Crippen molar-refractivity contribution in [2.24, 2.45) is 11.7 Å². The number of halogens is 1. The summed E-state index contributed by atoms with van der Waals surface area (Å²) in [6.07, 6.45) is 0. The third-order valence-electron chi connectivity index (χ3n) is 2.99. The van der Waals surface area contributed by atoms with Crippen molar-refractivity contribution in [2.45, 2.75) is 26.8 Å². The van der Waals surface area contributed by atoms with Crippen LogP contribution in [-0.2, 0) is 0 Å². The highest BCUT2D eigenvalue weighted by atomic mass is 79.9. The zero-order valence-corrected chi connectivity index (χ0v) is 12.8. The number of hydrogen-bond donors (Lipinski definition) is 1. The Bertz CT molecular complexity index is 363. The second kappa shape index (κ2) is 6.53. The van der Waals surface area contributed by atoms with Crippen LogP contribution in [0.15, 0.2) is 22.7 Å². The third-order valence-corrected chi connectivity index (χ3v) is 3.84. The van der Waals surface area contributed by atoms with Crippen molar-refractivity contribution in [3.8, 4) is 0 Å². The molecular weight excluding hydrogens is 276 g/mol. The molecule has 0 aromatic heterocycles. The normalized spacial score (nSPS) is 13.4. The average Bonchev–Trinajstić information content (AvgIpc) is 2.23. The number of aryl methyl sites for hydroxylation is 1. The molecule has 2 nitrogen and oxygen atoms in total. The largest absolute Gasteiger partial charge is 0.329 e. The summed E-state index contributed by atoms with van der Waals surface area (Å²) >= 11 is 3.58. The summed E-state index contributed by atoms with van der Waals surface area (Å²) in [5.74, 6) is 0.655. The maximum absolute atomic E-state index is 5.91. The van der Waals surface area contributed by atoms with Gasteiger partial charge in [0.15, 0.2) is 0 Å². The molecule has 0 aliphatic heterocycles. The van der Waals surface area contributed by atoms with Gasteiger partial charge in [0.25, 0.3) is 0 Å². The second-order valence-electron chi connectivity index (χ2n) is 5.09. The molecule has 0 amide bonds. The summed E-state index contributed by atoms with van der Waals surface area (Å²) in [5.41, 5.74) is 8.46. The fraction of sp³-hybridized carbons (Fsp3) is 0.571. The van der Waals surface area contributed by atoms with E-state index in [2.05, 4.69) is 66.8 Å². The standard InChI is InChI=1S/C14H23BrN2/c1-10(2)9-17(4)14(8-16)12-6-5-11(3)13(15)7-12/h5-7,10,14H,8-9,16H2,1-4H3. The maximum atomic E-state index is 5.91. The Kier molecular flexibility index (Phi) is 5.63. The SMILES string of the molecule is Cc1ccc(C(CN)N(C)CC(C)C)cc1Br. The van der Waals surface area contributed by atoms with Gasteiger partial charge < -0.3 is 5.73 Å². The highest BCUT2D eigenvalue weighted by Crippen LogP contribution is 2.24. The molecule has 0 heterocycles. The summed E-state index contributed by atoms with van der Waals surface area (Å²) < 4.78 is 1.16. The zero-order chi connectivity index (χ0) is 13.0. The first-order chi connectivity index (χ1) is 7.95. The molecule has 0 bridgehead atoms. The lowest BCUT2D eigenvalue weighted by molar-refractivity contribution is 0.223. The predicted octanol–water partition coefficient (Wildman–Crippen LogP) is 3.35.